The third-order valence-corrected chi connectivity index (χ3v) is 3.09. The van der Waals surface area contributed by atoms with Crippen LogP contribution in [0.4, 0.5) is 0 Å². The highest BCUT2D eigenvalue weighted by Gasteiger charge is 2.21. The van der Waals surface area contributed by atoms with Gasteiger partial charge in [-0.15, -0.1) is 0 Å². The molecule has 0 radical (unpaired) electrons. The summed E-state index contributed by atoms with van der Waals surface area (Å²) < 4.78 is 11.1. The third kappa shape index (κ3) is 4.98. The summed E-state index contributed by atoms with van der Waals surface area (Å²) in [6.45, 7) is 9.47. The number of ether oxygens (including phenoxy) is 2. The van der Waals surface area contributed by atoms with Crippen LogP contribution >= 0.6 is 0 Å². The molecule has 2 nitrogen and oxygen atoms in total. The minimum atomic E-state index is 0.456. The van der Waals surface area contributed by atoms with Crippen molar-refractivity contribution >= 4 is 0 Å². The van der Waals surface area contributed by atoms with Crippen molar-refractivity contribution in [2.45, 2.75) is 52.6 Å². The van der Waals surface area contributed by atoms with Crippen molar-refractivity contribution in [3.05, 3.63) is 0 Å². The predicted molar refractivity (Wildman–Crippen MR) is 63.0 cm³/mol. The van der Waals surface area contributed by atoms with E-state index < -0.39 is 0 Å². The Labute approximate surface area is 94.3 Å². The smallest absolute Gasteiger partial charge is 0.0598 e. The molecule has 0 aromatic heterocycles. The first-order valence-electron chi connectivity index (χ1n) is 6.43. The van der Waals surface area contributed by atoms with Gasteiger partial charge in [0.25, 0.3) is 0 Å². The lowest BCUT2D eigenvalue weighted by atomic mass is 10.0. The van der Waals surface area contributed by atoms with E-state index in [1.165, 1.54) is 25.7 Å². The van der Waals surface area contributed by atoms with Gasteiger partial charge in [0.15, 0.2) is 0 Å². The van der Waals surface area contributed by atoms with E-state index in [0.717, 1.165) is 19.8 Å². The molecule has 1 rings (SSSR count). The van der Waals surface area contributed by atoms with Crippen molar-refractivity contribution in [2.24, 2.45) is 11.8 Å². The zero-order valence-corrected chi connectivity index (χ0v) is 10.5. The van der Waals surface area contributed by atoms with E-state index >= 15 is 0 Å². The minimum absolute atomic E-state index is 0.456. The SMILES string of the molecule is CCCCCC(OCC1COC1)C(C)C. The molecule has 0 aromatic rings. The van der Waals surface area contributed by atoms with Crippen LogP contribution in [0.5, 0.6) is 0 Å². The topological polar surface area (TPSA) is 18.5 Å². The van der Waals surface area contributed by atoms with Gasteiger partial charge in [-0.2, -0.15) is 0 Å². The lowest BCUT2D eigenvalue weighted by molar-refractivity contribution is -0.0959. The molecule has 0 amide bonds. The van der Waals surface area contributed by atoms with Crippen LogP contribution in [0.1, 0.15) is 46.5 Å². The van der Waals surface area contributed by atoms with Crippen LogP contribution in [-0.4, -0.2) is 25.9 Å². The second-order valence-electron chi connectivity index (χ2n) is 5.02. The van der Waals surface area contributed by atoms with Crippen LogP contribution in [0, 0.1) is 11.8 Å². The van der Waals surface area contributed by atoms with Gasteiger partial charge in [-0.3, -0.25) is 0 Å². The van der Waals surface area contributed by atoms with Crippen molar-refractivity contribution in [2.75, 3.05) is 19.8 Å². The highest BCUT2D eigenvalue weighted by atomic mass is 16.5. The van der Waals surface area contributed by atoms with Gasteiger partial charge in [0.05, 0.1) is 25.9 Å². The summed E-state index contributed by atoms with van der Waals surface area (Å²) in [5, 5.41) is 0. The van der Waals surface area contributed by atoms with Gasteiger partial charge in [0.2, 0.25) is 0 Å². The van der Waals surface area contributed by atoms with Gasteiger partial charge < -0.3 is 9.47 Å². The predicted octanol–water partition coefficient (Wildman–Crippen LogP) is 3.25. The molecule has 15 heavy (non-hydrogen) atoms. The van der Waals surface area contributed by atoms with Crippen molar-refractivity contribution in [3.8, 4) is 0 Å². The van der Waals surface area contributed by atoms with Gasteiger partial charge in [-0.1, -0.05) is 40.0 Å². The monoisotopic (exact) mass is 214 g/mol. The number of hydrogen-bond acceptors (Lipinski definition) is 2. The third-order valence-electron chi connectivity index (χ3n) is 3.09. The van der Waals surface area contributed by atoms with E-state index in [9.17, 15) is 0 Å². The molecule has 1 aliphatic heterocycles. The Kier molecular flexibility index (Phi) is 6.26. The second-order valence-corrected chi connectivity index (χ2v) is 5.02. The molecule has 0 bridgehead atoms. The second kappa shape index (κ2) is 7.24. The largest absolute Gasteiger partial charge is 0.381 e. The number of hydrogen-bond donors (Lipinski definition) is 0. The molecule has 90 valence electrons. The molecular formula is C13H26O2. The Morgan fingerprint density at radius 2 is 2.00 bits per heavy atom. The van der Waals surface area contributed by atoms with Crippen LogP contribution < -0.4 is 0 Å². The first kappa shape index (κ1) is 13.0. The van der Waals surface area contributed by atoms with Gasteiger partial charge in [0, 0.05) is 5.92 Å². The van der Waals surface area contributed by atoms with Gasteiger partial charge >= 0.3 is 0 Å². The molecule has 0 saturated carbocycles. The van der Waals surface area contributed by atoms with E-state index in [-0.39, 0.29) is 0 Å². The van der Waals surface area contributed by atoms with E-state index in [4.69, 9.17) is 9.47 Å². The van der Waals surface area contributed by atoms with E-state index in [2.05, 4.69) is 20.8 Å². The standard InChI is InChI=1S/C13H26O2/c1-4-5-6-7-13(11(2)3)15-10-12-8-14-9-12/h11-13H,4-10H2,1-3H3. The summed E-state index contributed by atoms with van der Waals surface area (Å²) in [4.78, 5) is 0. The average molecular weight is 214 g/mol. The molecular weight excluding hydrogens is 188 g/mol. The molecule has 1 atom stereocenters. The first-order chi connectivity index (χ1) is 7.24. The summed E-state index contributed by atoms with van der Waals surface area (Å²) in [6.07, 6.45) is 5.61. The molecule has 1 unspecified atom stereocenters. The normalized spacial score (nSPS) is 19.2. The molecule has 2 heteroatoms. The maximum absolute atomic E-state index is 5.97. The maximum Gasteiger partial charge on any atom is 0.0598 e. The Hall–Kier alpha value is -0.0800. The summed E-state index contributed by atoms with van der Waals surface area (Å²) in [5.74, 6) is 1.31. The van der Waals surface area contributed by atoms with Gasteiger partial charge in [0.1, 0.15) is 0 Å². The number of rotatable bonds is 8. The molecule has 0 aliphatic carbocycles. The van der Waals surface area contributed by atoms with Crippen LogP contribution in [-0.2, 0) is 9.47 Å². The number of unbranched alkanes of at least 4 members (excludes halogenated alkanes) is 2. The van der Waals surface area contributed by atoms with Gasteiger partial charge in [-0.25, -0.2) is 0 Å². The lowest BCUT2D eigenvalue weighted by Gasteiger charge is -2.29. The quantitative estimate of drug-likeness (QED) is 0.577. The molecule has 1 fully saturated rings. The molecule has 0 spiro atoms. The van der Waals surface area contributed by atoms with Crippen LogP contribution in [0.25, 0.3) is 0 Å². The van der Waals surface area contributed by atoms with Crippen molar-refractivity contribution in [3.63, 3.8) is 0 Å². The van der Waals surface area contributed by atoms with Crippen molar-refractivity contribution in [1.82, 2.24) is 0 Å². The molecule has 1 aliphatic rings. The van der Waals surface area contributed by atoms with Gasteiger partial charge in [-0.05, 0) is 12.3 Å². The summed E-state index contributed by atoms with van der Waals surface area (Å²) in [5.41, 5.74) is 0. The van der Waals surface area contributed by atoms with Crippen molar-refractivity contribution in [1.29, 1.82) is 0 Å². The van der Waals surface area contributed by atoms with E-state index in [1.54, 1.807) is 0 Å². The van der Waals surface area contributed by atoms with E-state index in [1.807, 2.05) is 0 Å². The Morgan fingerprint density at radius 3 is 2.47 bits per heavy atom. The molecule has 1 saturated heterocycles. The van der Waals surface area contributed by atoms with E-state index in [0.29, 0.717) is 17.9 Å². The summed E-state index contributed by atoms with van der Waals surface area (Å²) in [6, 6.07) is 0. The fourth-order valence-electron chi connectivity index (χ4n) is 1.85. The molecule has 0 aromatic carbocycles. The van der Waals surface area contributed by atoms with Crippen LogP contribution in [0.3, 0.4) is 0 Å². The van der Waals surface area contributed by atoms with Crippen LogP contribution in [0.2, 0.25) is 0 Å². The lowest BCUT2D eigenvalue weighted by Crippen LogP contribution is -2.34. The summed E-state index contributed by atoms with van der Waals surface area (Å²) in [7, 11) is 0. The maximum atomic E-state index is 5.97. The highest BCUT2D eigenvalue weighted by molar-refractivity contribution is 4.68. The molecule has 1 heterocycles. The molecule has 0 N–H and O–H groups in total. The highest BCUT2D eigenvalue weighted by Crippen LogP contribution is 2.18. The first-order valence-corrected chi connectivity index (χ1v) is 6.43. The van der Waals surface area contributed by atoms with Crippen molar-refractivity contribution < 1.29 is 9.47 Å². The Bertz CT molecular complexity index is 153. The van der Waals surface area contributed by atoms with Crippen LogP contribution in [0.15, 0.2) is 0 Å². The minimum Gasteiger partial charge on any atom is -0.381 e. The fraction of sp³-hybridized carbons (Fsp3) is 1.00. The zero-order chi connectivity index (χ0) is 11.1. The summed E-state index contributed by atoms with van der Waals surface area (Å²) >= 11 is 0. The fourth-order valence-corrected chi connectivity index (χ4v) is 1.85. The zero-order valence-electron chi connectivity index (χ0n) is 10.5. The Balaban J connectivity index is 2.11. The average Bonchev–Trinajstić information content (AvgIpc) is 2.12. The Morgan fingerprint density at radius 1 is 1.27 bits per heavy atom.